The number of benzene rings is 2. The van der Waals surface area contributed by atoms with E-state index in [-0.39, 0.29) is 5.75 Å². The van der Waals surface area contributed by atoms with Crippen molar-refractivity contribution in [2.75, 3.05) is 20.2 Å². The number of aliphatic carboxylic acids is 1. The average molecular weight is 411 g/mol. The van der Waals surface area contributed by atoms with Gasteiger partial charge >= 0.3 is 12.1 Å². The van der Waals surface area contributed by atoms with Crippen LogP contribution >= 0.6 is 0 Å². The fourth-order valence-corrected chi connectivity index (χ4v) is 3.76. The van der Waals surface area contributed by atoms with E-state index < -0.39 is 35.5 Å². The molecule has 0 aliphatic carbocycles. The summed E-state index contributed by atoms with van der Waals surface area (Å²) >= 11 is 0. The summed E-state index contributed by atoms with van der Waals surface area (Å²) in [7, 11) is 1.33. The minimum absolute atomic E-state index is 0.0427. The van der Waals surface area contributed by atoms with E-state index in [0.717, 1.165) is 12.1 Å². The number of hydrogen-bond donors (Lipinski definition) is 1. The van der Waals surface area contributed by atoms with Gasteiger partial charge in [-0.2, -0.15) is 13.2 Å². The van der Waals surface area contributed by atoms with E-state index in [4.69, 9.17) is 4.74 Å². The molecule has 0 amide bonds. The Hall–Kier alpha value is -2.61. The van der Waals surface area contributed by atoms with Gasteiger partial charge in [0, 0.05) is 0 Å². The number of carboxylic acids is 1. The highest BCUT2D eigenvalue weighted by Gasteiger charge is 2.34. The highest BCUT2D eigenvalue weighted by molar-refractivity contribution is 5.70. The monoisotopic (exact) mass is 411 g/mol. The van der Waals surface area contributed by atoms with Gasteiger partial charge in [-0.25, -0.2) is 4.39 Å². The van der Waals surface area contributed by atoms with Crippen LogP contribution in [0.25, 0.3) is 0 Å². The Kier molecular flexibility index (Phi) is 6.12. The maximum absolute atomic E-state index is 14.3. The van der Waals surface area contributed by atoms with Crippen molar-refractivity contribution in [1.29, 1.82) is 0 Å². The van der Waals surface area contributed by atoms with Gasteiger partial charge in [0.2, 0.25) is 0 Å². The molecule has 1 fully saturated rings. The van der Waals surface area contributed by atoms with Crippen molar-refractivity contribution in [3.05, 3.63) is 65.0 Å². The van der Waals surface area contributed by atoms with Gasteiger partial charge in [-0.3, -0.25) is 9.69 Å². The third kappa shape index (κ3) is 4.70. The molecule has 3 rings (SSSR count). The Labute approximate surface area is 165 Å². The van der Waals surface area contributed by atoms with E-state index in [9.17, 15) is 27.5 Å². The summed E-state index contributed by atoms with van der Waals surface area (Å²) in [5.74, 6) is -1.93. The van der Waals surface area contributed by atoms with Crippen LogP contribution in [0.1, 0.15) is 35.6 Å². The van der Waals surface area contributed by atoms with Crippen molar-refractivity contribution in [3.63, 3.8) is 0 Å². The third-order valence-corrected chi connectivity index (χ3v) is 5.27. The summed E-state index contributed by atoms with van der Waals surface area (Å²) in [5.41, 5.74) is 0.0731. The summed E-state index contributed by atoms with van der Waals surface area (Å²) in [6.45, 7) is 0.761. The van der Waals surface area contributed by atoms with E-state index in [2.05, 4.69) is 0 Å². The normalized spacial score (nSPS) is 17.1. The summed E-state index contributed by atoms with van der Waals surface area (Å²) in [4.78, 5) is 13.1. The maximum Gasteiger partial charge on any atom is 0.416 e. The molecule has 8 heteroatoms. The van der Waals surface area contributed by atoms with Crippen LogP contribution in [-0.2, 0) is 11.0 Å². The second-order valence-corrected chi connectivity index (χ2v) is 7.07. The Bertz CT molecular complexity index is 876. The van der Waals surface area contributed by atoms with E-state index in [0.29, 0.717) is 37.1 Å². The summed E-state index contributed by atoms with van der Waals surface area (Å²) in [5, 5.41) is 9.21. The van der Waals surface area contributed by atoms with Gasteiger partial charge in [0.25, 0.3) is 0 Å². The Balaban J connectivity index is 2.01. The molecule has 0 saturated carbocycles. The van der Waals surface area contributed by atoms with E-state index in [1.165, 1.54) is 25.3 Å². The quantitative estimate of drug-likeness (QED) is 0.723. The lowest BCUT2D eigenvalue weighted by Gasteiger charge is -2.37. The molecule has 1 saturated heterocycles. The van der Waals surface area contributed by atoms with Crippen LogP contribution in [0.4, 0.5) is 17.6 Å². The first kappa shape index (κ1) is 21.1. The summed E-state index contributed by atoms with van der Waals surface area (Å²) in [6, 6.07) is 8.65. The third-order valence-electron chi connectivity index (χ3n) is 5.27. The molecule has 0 aromatic heterocycles. The predicted molar refractivity (Wildman–Crippen MR) is 98.2 cm³/mol. The molecule has 1 N–H and O–H groups in total. The lowest BCUT2D eigenvalue weighted by atomic mass is 9.90. The minimum Gasteiger partial charge on any atom is -0.494 e. The molecular weight excluding hydrogens is 390 g/mol. The molecule has 29 heavy (non-hydrogen) atoms. The molecule has 1 heterocycles. The molecule has 1 aliphatic rings. The molecule has 0 bridgehead atoms. The lowest BCUT2D eigenvalue weighted by Crippen LogP contribution is -2.39. The fraction of sp³-hybridized carbons (Fsp3) is 0.381. The predicted octanol–water partition coefficient (Wildman–Crippen LogP) is 4.74. The van der Waals surface area contributed by atoms with Crippen molar-refractivity contribution in [1.82, 2.24) is 4.90 Å². The number of carboxylic acid groups (broad SMARTS) is 1. The van der Waals surface area contributed by atoms with Crippen molar-refractivity contribution >= 4 is 5.97 Å². The van der Waals surface area contributed by atoms with Crippen molar-refractivity contribution in [2.45, 2.75) is 25.1 Å². The average Bonchev–Trinajstić information content (AvgIpc) is 2.68. The number of methoxy groups -OCH3 is 1. The first-order valence-corrected chi connectivity index (χ1v) is 9.18. The number of nitrogens with zero attached hydrogens (tertiary/aromatic N) is 1. The minimum atomic E-state index is -4.50. The van der Waals surface area contributed by atoms with Gasteiger partial charge in [0.1, 0.15) is 0 Å². The largest absolute Gasteiger partial charge is 0.494 e. The van der Waals surface area contributed by atoms with Gasteiger partial charge in [-0.15, -0.1) is 0 Å². The van der Waals surface area contributed by atoms with E-state index >= 15 is 0 Å². The number of likely N-dealkylation sites (tertiary alicyclic amines) is 1. The molecule has 2 aromatic carbocycles. The molecule has 0 radical (unpaired) electrons. The number of halogens is 4. The van der Waals surface area contributed by atoms with Gasteiger partial charge in [0.05, 0.1) is 24.6 Å². The van der Waals surface area contributed by atoms with Crippen LogP contribution in [0.5, 0.6) is 5.75 Å². The number of ether oxygens (including phenoxy) is 1. The topological polar surface area (TPSA) is 49.8 Å². The van der Waals surface area contributed by atoms with Crippen LogP contribution < -0.4 is 4.74 Å². The molecule has 2 aromatic rings. The smallest absolute Gasteiger partial charge is 0.416 e. The van der Waals surface area contributed by atoms with E-state index in [1.807, 2.05) is 4.90 Å². The van der Waals surface area contributed by atoms with Crippen LogP contribution in [0.2, 0.25) is 0 Å². The van der Waals surface area contributed by atoms with Crippen LogP contribution in [0, 0.1) is 11.7 Å². The van der Waals surface area contributed by atoms with Gasteiger partial charge in [-0.05, 0) is 61.3 Å². The number of carbonyl (C=O) groups is 1. The second kappa shape index (κ2) is 8.41. The fourth-order valence-electron chi connectivity index (χ4n) is 3.76. The van der Waals surface area contributed by atoms with Crippen molar-refractivity contribution in [3.8, 4) is 5.75 Å². The first-order chi connectivity index (χ1) is 13.7. The van der Waals surface area contributed by atoms with Crippen molar-refractivity contribution in [2.24, 2.45) is 5.92 Å². The molecule has 0 spiro atoms. The van der Waals surface area contributed by atoms with Crippen LogP contribution in [-0.4, -0.2) is 36.2 Å². The SMILES string of the molecule is COc1ccc(C(c2cccc(C(F)(F)F)c2)N2CCC(C(=O)O)CC2)cc1F. The molecule has 156 valence electrons. The number of piperidine rings is 1. The van der Waals surface area contributed by atoms with Crippen molar-refractivity contribution < 1.29 is 32.2 Å². The highest BCUT2D eigenvalue weighted by atomic mass is 19.4. The Morgan fingerprint density at radius 2 is 1.79 bits per heavy atom. The second-order valence-electron chi connectivity index (χ2n) is 7.07. The molecule has 1 atom stereocenters. The Morgan fingerprint density at radius 1 is 1.14 bits per heavy atom. The van der Waals surface area contributed by atoms with E-state index in [1.54, 1.807) is 12.1 Å². The lowest BCUT2D eigenvalue weighted by molar-refractivity contribution is -0.143. The zero-order valence-electron chi connectivity index (χ0n) is 15.7. The molecule has 4 nitrogen and oxygen atoms in total. The number of rotatable bonds is 5. The highest BCUT2D eigenvalue weighted by Crippen LogP contribution is 2.37. The van der Waals surface area contributed by atoms with Gasteiger partial charge in [-0.1, -0.05) is 18.2 Å². The molecule has 1 unspecified atom stereocenters. The summed E-state index contributed by atoms with van der Waals surface area (Å²) in [6.07, 6.45) is -3.74. The maximum atomic E-state index is 14.3. The number of alkyl halides is 3. The standard InChI is InChI=1S/C21H21F4NO3/c1-29-18-6-5-15(12-17(18)22)19(26-9-7-13(8-10-26)20(27)28)14-3-2-4-16(11-14)21(23,24)25/h2-6,11-13,19H,7-10H2,1H3,(H,27,28). The molecule has 1 aliphatic heterocycles. The number of hydrogen-bond acceptors (Lipinski definition) is 3. The zero-order chi connectivity index (χ0) is 21.2. The molecular formula is C21H21F4NO3. The van der Waals surface area contributed by atoms with Gasteiger partial charge in [0.15, 0.2) is 11.6 Å². The summed E-state index contributed by atoms with van der Waals surface area (Å²) < 4.78 is 58.9. The van der Waals surface area contributed by atoms with Crippen LogP contribution in [0.15, 0.2) is 42.5 Å². The van der Waals surface area contributed by atoms with Crippen LogP contribution in [0.3, 0.4) is 0 Å². The Morgan fingerprint density at radius 3 is 2.34 bits per heavy atom. The van der Waals surface area contributed by atoms with Gasteiger partial charge < -0.3 is 9.84 Å². The zero-order valence-corrected chi connectivity index (χ0v) is 15.7. The first-order valence-electron chi connectivity index (χ1n) is 9.18.